The molecule has 28 heavy (non-hydrogen) atoms. The van der Waals surface area contributed by atoms with Gasteiger partial charge in [-0.15, -0.1) is 0 Å². The van der Waals surface area contributed by atoms with Crippen LogP contribution in [0.1, 0.15) is 25.3 Å². The van der Waals surface area contributed by atoms with Crippen LogP contribution in [0.4, 0.5) is 9.80 Å². The lowest BCUT2D eigenvalue weighted by atomic mass is 9.95. The number of hydrogen-bond acceptors (Lipinski definition) is 4. The Kier molecular flexibility index (Phi) is 6.91. The van der Waals surface area contributed by atoms with Gasteiger partial charge in [-0.25, -0.2) is 0 Å². The molecule has 0 radical (unpaired) electrons. The van der Waals surface area contributed by atoms with Crippen molar-refractivity contribution in [3.8, 4) is 0 Å². The van der Waals surface area contributed by atoms with Gasteiger partial charge in [0.1, 0.15) is 0 Å². The van der Waals surface area contributed by atoms with Gasteiger partial charge in [0.15, 0.2) is 0 Å². The van der Waals surface area contributed by atoms with E-state index in [1.807, 2.05) is 17.0 Å². The summed E-state index contributed by atoms with van der Waals surface area (Å²) in [5, 5.41) is 12.4. The minimum atomic E-state index is -2.86. The summed E-state index contributed by atoms with van der Waals surface area (Å²) in [6.45, 7) is 7.50. The average Bonchev–Trinajstić information content (AvgIpc) is 2.96. The molecular weight excluding hydrogens is 375 g/mol. The van der Waals surface area contributed by atoms with E-state index in [2.05, 4.69) is 24.4 Å². The Bertz CT molecular complexity index is 682. The van der Waals surface area contributed by atoms with Gasteiger partial charge in [0.05, 0.1) is 18.8 Å². The van der Waals surface area contributed by atoms with E-state index in [1.54, 1.807) is 13.1 Å². The molecule has 0 spiro atoms. The van der Waals surface area contributed by atoms with Gasteiger partial charge in [0.2, 0.25) is 14.3 Å². The Labute approximate surface area is 168 Å². The summed E-state index contributed by atoms with van der Waals surface area (Å²) in [6.07, 6.45) is 1.99. The second-order valence-corrected chi connectivity index (χ2v) is 12.4. The lowest BCUT2D eigenvalue weighted by molar-refractivity contribution is -0.118. The van der Waals surface area contributed by atoms with E-state index in [9.17, 15) is 14.0 Å². The maximum Gasteiger partial charge on any atom is 0.246 e. The van der Waals surface area contributed by atoms with E-state index < -0.39 is 8.41 Å². The Morgan fingerprint density at radius 1 is 1.32 bits per heavy atom. The number of nitrogens with zero attached hydrogens (tertiary/aromatic N) is 1. The number of hydrogen-bond donors (Lipinski definition) is 2. The first-order chi connectivity index (χ1) is 13.3. The summed E-state index contributed by atoms with van der Waals surface area (Å²) >= 11 is 0. The highest BCUT2D eigenvalue weighted by Gasteiger charge is 2.50. The minimum absolute atomic E-state index is 0.00792. The van der Waals surface area contributed by atoms with Gasteiger partial charge >= 0.3 is 0 Å². The molecule has 0 aromatic heterocycles. The molecule has 3 rings (SSSR count). The number of rotatable bonds is 7. The van der Waals surface area contributed by atoms with Crippen LogP contribution in [0.5, 0.6) is 0 Å². The molecule has 1 aromatic carbocycles. The topological polar surface area (TPSA) is 61.8 Å². The summed E-state index contributed by atoms with van der Waals surface area (Å²) in [4.78, 5) is 14.0. The summed E-state index contributed by atoms with van der Waals surface area (Å²) in [5.41, 5.74) is 2.03. The molecule has 156 valence electrons. The fraction of sp³-hybridized carbons (Fsp3) is 0.667. The molecule has 2 N–H and O–H groups in total. The largest absolute Gasteiger partial charge is 0.396 e. The summed E-state index contributed by atoms with van der Waals surface area (Å²) in [6, 6.07) is 8.13. The Morgan fingerprint density at radius 3 is 2.79 bits per heavy atom. The van der Waals surface area contributed by atoms with Gasteiger partial charge < -0.3 is 24.2 Å². The third-order valence-electron chi connectivity index (χ3n) is 6.14. The predicted molar refractivity (Wildman–Crippen MR) is 112 cm³/mol. The van der Waals surface area contributed by atoms with Gasteiger partial charge in [-0.1, -0.05) is 19.1 Å². The number of amides is 1. The number of anilines is 1. The van der Waals surface area contributed by atoms with E-state index in [0.29, 0.717) is 19.5 Å². The first-order valence-corrected chi connectivity index (χ1v) is 13.3. The van der Waals surface area contributed by atoms with Crippen LogP contribution >= 0.6 is 0 Å². The fourth-order valence-corrected chi connectivity index (χ4v) is 7.44. The van der Waals surface area contributed by atoms with Crippen LogP contribution in [-0.2, 0) is 16.0 Å². The van der Waals surface area contributed by atoms with Crippen molar-refractivity contribution in [2.24, 2.45) is 5.92 Å². The molecule has 0 bridgehead atoms. The second kappa shape index (κ2) is 9.03. The number of nitrogens with one attached hydrogen (secondary N) is 1. The standard InChI is InChI=1S/C21H33FN2O3Si/c1-15-18(27-19(9-12-25)21(15)28(2,3)22)8-7-16-5-4-6-17(13-16)24-11-10-23-14-20(24)26/h4-6,13,15,18-19,21,23,25H,7-12,14H2,1-3H3/t15-,18+,19-,21+/m0/s1. The van der Waals surface area contributed by atoms with Crippen molar-refractivity contribution >= 4 is 20.0 Å². The molecule has 1 amide bonds. The average molecular weight is 409 g/mol. The van der Waals surface area contributed by atoms with Crippen LogP contribution in [0.25, 0.3) is 0 Å². The number of carbonyl (C=O) groups is 1. The zero-order valence-corrected chi connectivity index (χ0v) is 18.2. The highest BCUT2D eigenvalue weighted by molar-refractivity contribution is 6.72. The summed E-state index contributed by atoms with van der Waals surface area (Å²) < 4.78 is 21.1. The Balaban J connectivity index is 1.65. The van der Waals surface area contributed by atoms with Gasteiger partial charge in [-0.2, -0.15) is 0 Å². The normalized spacial score (nSPS) is 28.8. The van der Waals surface area contributed by atoms with E-state index in [0.717, 1.165) is 25.1 Å². The van der Waals surface area contributed by atoms with Gasteiger partial charge in [-0.05, 0) is 56.0 Å². The van der Waals surface area contributed by atoms with Crippen LogP contribution in [0, 0.1) is 5.92 Å². The molecule has 0 aliphatic carbocycles. The van der Waals surface area contributed by atoms with Gasteiger partial charge in [-0.3, -0.25) is 4.79 Å². The molecule has 2 heterocycles. The van der Waals surface area contributed by atoms with Crippen molar-refractivity contribution in [1.29, 1.82) is 0 Å². The number of halogens is 1. The lowest BCUT2D eigenvalue weighted by Gasteiger charge is -2.28. The monoisotopic (exact) mass is 408 g/mol. The van der Waals surface area contributed by atoms with E-state index in [4.69, 9.17) is 4.74 Å². The highest BCUT2D eigenvalue weighted by Crippen LogP contribution is 2.46. The molecule has 7 heteroatoms. The second-order valence-electron chi connectivity index (χ2n) is 8.61. The maximum atomic E-state index is 14.9. The summed E-state index contributed by atoms with van der Waals surface area (Å²) in [5.74, 6) is 0.252. The van der Waals surface area contributed by atoms with Crippen molar-refractivity contribution < 1.29 is 18.7 Å². The van der Waals surface area contributed by atoms with E-state index >= 15 is 0 Å². The van der Waals surface area contributed by atoms with Gasteiger partial charge in [0.25, 0.3) is 0 Å². The molecule has 2 aliphatic heterocycles. The molecule has 0 saturated carbocycles. The lowest BCUT2D eigenvalue weighted by Crippen LogP contribution is -2.48. The van der Waals surface area contributed by atoms with E-state index in [1.165, 1.54) is 5.56 Å². The fourth-order valence-electron chi connectivity index (χ4n) is 4.84. The summed E-state index contributed by atoms with van der Waals surface area (Å²) in [7, 11) is -2.86. The van der Waals surface area contributed by atoms with E-state index in [-0.39, 0.29) is 36.2 Å². The van der Waals surface area contributed by atoms with Crippen LogP contribution in [0.2, 0.25) is 18.6 Å². The number of piperazine rings is 1. The molecule has 5 nitrogen and oxygen atoms in total. The quantitative estimate of drug-likeness (QED) is 0.538. The van der Waals surface area contributed by atoms with Crippen molar-refractivity contribution in [1.82, 2.24) is 5.32 Å². The van der Waals surface area contributed by atoms with Crippen LogP contribution in [0.15, 0.2) is 24.3 Å². The van der Waals surface area contributed by atoms with Crippen LogP contribution in [0.3, 0.4) is 0 Å². The first kappa shape index (κ1) is 21.4. The molecule has 0 unspecified atom stereocenters. The van der Waals surface area contributed by atoms with Crippen LogP contribution < -0.4 is 10.2 Å². The molecular formula is C21H33FN2O3Si. The molecule has 2 saturated heterocycles. The molecule has 2 fully saturated rings. The van der Waals surface area contributed by atoms with Gasteiger partial charge in [0, 0.05) is 30.9 Å². The number of aliphatic hydroxyl groups excluding tert-OH is 1. The highest BCUT2D eigenvalue weighted by atomic mass is 28.4. The van der Waals surface area contributed by atoms with Crippen molar-refractivity contribution in [2.45, 2.75) is 57.0 Å². The SMILES string of the molecule is C[C@@H]1[C@@H]([Si](C)(C)F)[C@H](CCO)O[C@@H]1CCc1cccc(N2CCNCC2=O)c1. The smallest absolute Gasteiger partial charge is 0.246 e. The number of carbonyl (C=O) groups excluding carboxylic acids is 1. The van der Waals surface area contributed by atoms with Crippen molar-refractivity contribution in [3.63, 3.8) is 0 Å². The number of benzene rings is 1. The molecule has 4 atom stereocenters. The maximum absolute atomic E-state index is 14.9. The Hall–Kier alpha value is -1.28. The van der Waals surface area contributed by atoms with Crippen molar-refractivity contribution in [3.05, 3.63) is 29.8 Å². The zero-order valence-electron chi connectivity index (χ0n) is 17.2. The predicted octanol–water partition coefficient (Wildman–Crippen LogP) is 2.89. The molecule has 2 aliphatic rings. The van der Waals surface area contributed by atoms with Crippen LogP contribution in [-0.4, -0.2) is 57.9 Å². The Morgan fingerprint density at radius 2 is 2.11 bits per heavy atom. The minimum Gasteiger partial charge on any atom is -0.396 e. The number of aryl methyl sites for hydroxylation is 1. The number of aliphatic hydroxyl groups is 1. The zero-order chi connectivity index (χ0) is 20.3. The van der Waals surface area contributed by atoms with Crippen molar-refractivity contribution in [2.75, 3.05) is 31.1 Å². The third kappa shape index (κ3) is 4.82. The number of ether oxygens (including phenoxy) is 1. The molecule has 1 aromatic rings. The third-order valence-corrected chi connectivity index (χ3v) is 8.62. The first-order valence-electron chi connectivity index (χ1n) is 10.4.